The molecule has 0 saturated heterocycles. The van der Waals surface area contributed by atoms with Crippen molar-refractivity contribution in [1.29, 1.82) is 0 Å². The Bertz CT molecular complexity index is 1160. The standard InChI is InChI=1S/C18H15Cl2N3O5S/c1-23(10-16-21-17(22-28-16)11-4-3-5-13(19)8-11)29(25,26)15-9-12(18(24)27-2)6-7-14(15)20/h3-9H,10H2,1-2H3. The summed E-state index contributed by atoms with van der Waals surface area (Å²) in [7, 11) is -1.52. The van der Waals surface area contributed by atoms with E-state index in [1.54, 1.807) is 24.3 Å². The Balaban J connectivity index is 1.85. The first kappa shape index (κ1) is 21.3. The molecule has 29 heavy (non-hydrogen) atoms. The van der Waals surface area contributed by atoms with Gasteiger partial charge in [0.15, 0.2) is 0 Å². The summed E-state index contributed by atoms with van der Waals surface area (Å²) in [6.45, 7) is -0.200. The van der Waals surface area contributed by atoms with Gasteiger partial charge in [-0.3, -0.25) is 0 Å². The van der Waals surface area contributed by atoms with Crippen LogP contribution < -0.4 is 0 Å². The van der Waals surface area contributed by atoms with E-state index in [4.69, 9.17) is 27.7 Å². The van der Waals surface area contributed by atoms with Crippen LogP contribution in [0.5, 0.6) is 0 Å². The number of aromatic nitrogens is 2. The molecular weight excluding hydrogens is 441 g/mol. The van der Waals surface area contributed by atoms with E-state index in [1.165, 1.54) is 26.3 Å². The predicted octanol–water partition coefficient (Wildman–Crippen LogP) is 3.65. The number of esters is 1. The highest BCUT2D eigenvalue weighted by Gasteiger charge is 2.27. The van der Waals surface area contributed by atoms with Crippen LogP contribution in [0, 0.1) is 0 Å². The molecule has 0 saturated carbocycles. The summed E-state index contributed by atoms with van der Waals surface area (Å²) in [5.74, 6) is -0.325. The molecule has 0 radical (unpaired) electrons. The number of carbonyl (C=O) groups is 1. The van der Waals surface area contributed by atoms with E-state index in [0.717, 1.165) is 10.4 Å². The number of nitrogens with zero attached hydrogens (tertiary/aromatic N) is 3. The predicted molar refractivity (Wildman–Crippen MR) is 106 cm³/mol. The third-order valence-electron chi connectivity index (χ3n) is 3.95. The zero-order chi connectivity index (χ0) is 21.2. The van der Waals surface area contributed by atoms with Gasteiger partial charge in [0.2, 0.25) is 21.7 Å². The molecule has 2 aromatic carbocycles. The lowest BCUT2D eigenvalue weighted by atomic mass is 10.2. The highest BCUT2D eigenvalue weighted by atomic mass is 35.5. The van der Waals surface area contributed by atoms with Gasteiger partial charge in [-0.15, -0.1) is 0 Å². The van der Waals surface area contributed by atoms with E-state index in [2.05, 4.69) is 14.9 Å². The average molecular weight is 456 g/mol. The minimum absolute atomic E-state index is 0.0327. The maximum atomic E-state index is 12.9. The van der Waals surface area contributed by atoms with Crippen LogP contribution in [0.3, 0.4) is 0 Å². The fourth-order valence-corrected chi connectivity index (χ4v) is 4.26. The van der Waals surface area contributed by atoms with Gasteiger partial charge in [0.05, 0.1) is 24.2 Å². The summed E-state index contributed by atoms with van der Waals surface area (Å²) in [5, 5.41) is 4.32. The Kier molecular flexibility index (Phi) is 6.23. The molecule has 0 N–H and O–H groups in total. The topological polar surface area (TPSA) is 103 Å². The molecule has 0 amide bonds. The van der Waals surface area contributed by atoms with Crippen molar-refractivity contribution < 1.29 is 22.5 Å². The number of ether oxygens (including phenoxy) is 1. The average Bonchev–Trinajstić information content (AvgIpc) is 3.16. The van der Waals surface area contributed by atoms with Crippen LogP contribution >= 0.6 is 23.2 Å². The van der Waals surface area contributed by atoms with E-state index >= 15 is 0 Å². The van der Waals surface area contributed by atoms with E-state index < -0.39 is 16.0 Å². The lowest BCUT2D eigenvalue weighted by Gasteiger charge is -2.16. The number of hydrogen-bond acceptors (Lipinski definition) is 7. The van der Waals surface area contributed by atoms with Crippen molar-refractivity contribution in [3.63, 3.8) is 0 Å². The van der Waals surface area contributed by atoms with Crippen molar-refractivity contribution in [2.75, 3.05) is 14.2 Å². The van der Waals surface area contributed by atoms with Crippen molar-refractivity contribution in [1.82, 2.24) is 14.4 Å². The first-order valence-electron chi connectivity index (χ1n) is 8.15. The summed E-state index contributed by atoms with van der Waals surface area (Å²) < 4.78 is 36.6. The first-order valence-corrected chi connectivity index (χ1v) is 10.3. The molecule has 0 bridgehead atoms. The maximum absolute atomic E-state index is 12.9. The zero-order valence-corrected chi connectivity index (χ0v) is 17.6. The van der Waals surface area contributed by atoms with E-state index in [1.807, 2.05) is 0 Å². The van der Waals surface area contributed by atoms with Crippen molar-refractivity contribution >= 4 is 39.2 Å². The fraction of sp³-hybridized carbons (Fsp3) is 0.167. The van der Waals surface area contributed by atoms with Crippen molar-refractivity contribution in [3.05, 3.63) is 64.0 Å². The molecule has 1 aromatic heterocycles. The third kappa shape index (κ3) is 4.59. The van der Waals surface area contributed by atoms with Gasteiger partial charge in [-0.1, -0.05) is 40.5 Å². The molecule has 0 spiro atoms. The zero-order valence-electron chi connectivity index (χ0n) is 15.3. The Morgan fingerprint density at radius 1 is 1.21 bits per heavy atom. The second-order valence-corrected chi connectivity index (χ2v) is 8.78. The van der Waals surface area contributed by atoms with Crippen LogP contribution in [0.1, 0.15) is 16.2 Å². The molecule has 0 aliphatic rings. The number of benzene rings is 2. The van der Waals surface area contributed by atoms with Gasteiger partial charge < -0.3 is 9.26 Å². The minimum atomic E-state index is -4.05. The van der Waals surface area contributed by atoms with Crippen molar-refractivity contribution in [3.8, 4) is 11.4 Å². The van der Waals surface area contributed by atoms with Crippen LogP contribution in [0.4, 0.5) is 0 Å². The second kappa shape index (κ2) is 8.50. The Hall–Kier alpha value is -2.46. The maximum Gasteiger partial charge on any atom is 0.337 e. The molecule has 8 nitrogen and oxygen atoms in total. The molecule has 0 unspecified atom stereocenters. The number of methoxy groups -OCH3 is 1. The van der Waals surface area contributed by atoms with Gasteiger partial charge in [0, 0.05) is 17.6 Å². The highest BCUT2D eigenvalue weighted by molar-refractivity contribution is 7.89. The monoisotopic (exact) mass is 455 g/mol. The smallest absolute Gasteiger partial charge is 0.337 e. The Labute approximate surface area is 177 Å². The molecule has 3 aromatic rings. The molecule has 11 heteroatoms. The van der Waals surface area contributed by atoms with Gasteiger partial charge >= 0.3 is 5.97 Å². The van der Waals surface area contributed by atoms with Crippen LogP contribution in [0.2, 0.25) is 10.0 Å². The lowest BCUT2D eigenvalue weighted by Crippen LogP contribution is -2.27. The minimum Gasteiger partial charge on any atom is -0.465 e. The summed E-state index contributed by atoms with van der Waals surface area (Å²) in [6.07, 6.45) is 0. The second-order valence-electron chi connectivity index (χ2n) is 5.92. The number of carbonyl (C=O) groups excluding carboxylic acids is 1. The summed E-state index contributed by atoms with van der Waals surface area (Å²) in [5.41, 5.74) is 0.691. The largest absolute Gasteiger partial charge is 0.465 e. The van der Waals surface area contributed by atoms with E-state index in [0.29, 0.717) is 10.6 Å². The van der Waals surface area contributed by atoms with Crippen molar-refractivity contribution in [2.24, 2.45) is 0 Å². The lowest BCUT2D eigenvalue weighted by molar-refractivity contribution is 0.0600. The normalized spacial score (nSPS) is 11.6. The quantitative estimate of drug-likeness (QED) is 0.522. The number of halogens is 2. The van der Waals surface area contributed by atoms with Crippen LogP contribution in [-0.4, -0.2) is 43.0 Å². The molecule has 0 fully saturated rings. The van der Waals surface area contributed by atoms with Gasteiger partial charge in [0.25, 0.3) is 0 Å². The number of rotatable bonds is 6. The molecular formula is C18H15Cl2N3O5S. The van der Waals surface area contributed by atoms with E-state index in [9.17, 15) is 13.2 Å². The van der Waals surface area contributed by atoms with Crippen LogP contribution in [0.25, 0.3) is 11.4 Å². The molecule has 0 aliphatic carbocycles. The molecule has 152 valence electrons. The van der Waals surface area contributed by atoms with Crippen LogP contribution in [0.15, 0.2) is 51.9 Å². The molecule has 1 heterocycles. The summed E-state index contributed by atoms with van der Waals surface area (Å²) in [6, 6.07) is 10.7. The first-order chi connectivity index (χ1) is 13.7. The molecule has 0 atom stereocenters. The summed E-state index contributed by atoms with van der Waals surface area (Å²) >= 11 is 12.0. The van der Waals surface area contributed by atoms with Gasteiger partial charge in [0.1, 0.15) is 4.90 Å². The Morgan fingerprint density at radius 3 is 2.66 bits per heavy atom. The van der Waals surface area contributed by atoms with Gasteiger partial charge in [-0.2, -0.15) is 9.29 Å². The van der Waals surface area contributed by atoms with E-state index in [-0.39, 0.29) is 33.7 Å². The van der Waals surface area contributed by atoms with Crippen molar-refractivity contribution in [2.45, 2.75) is 11.4 Å². The molecule has 0 aliphatic heterocycles. The van der Waals surface area contributed by atoms with Gasteiger partial charge in [-0.25, -0.2) is 13.2 Å². The number of hydrogen-bond donors (Lipinski definition) is 0. The third-order valence-corrected chi connectivity index (χ3v) is 6.47. The van der Waals surface area contributed by atoms with Gasteiger partial charge in [-0.05, 0) is 30.3 Å². The molecule has 3 rings (SSSR count). The fourth-order valence-electron chi connectivity index (χ4n) is 2.45. The summed E-state index contributed by atoms with van der Waals surface area (Å²) in [4.78, 5) is 15.7. The number of sulfonamides is 1. The van der Waals surface area contributed by atoms with Crippen LogP contribution in [-0.2, 0) is 21.3 Å². The highest BCUT2D eigenvalue weighted by Crippen LogP contribution is 2.27. The SMILES string of the molecule is COC(=O)c1ccc(Cl)c(S(=O)(=O)N(C)Cc2nc(-c3cccc(Cl)c3)no2)c1. The Morgan fingerprint density at radius 2 is 1.97 bits per heavy atom.